The standard InChI is InChI=1S/C14H23N3O2/c1-10-5-6-12(11-7-15-16-8-11)17(9-10)13(18)19-14(2,3)4/h7-8,10,12H,5-6,9H2,1-4H3,(H,15,16)/t10?,12-/m0/s1. The number of H-pyrrole nitrogens is 1. The third kappa shape index (κ3) is 3.49. The van der Waals surface area contributed by atoms with Crippen LogP contribution in [-0.2, 0) is 4.74 Å². The van der Waals surface area contributed by atoms with E-state index in [2.05, 4.69) is 17.1 Å². The van der Waals surface area contributed by atoms with E-state index in [4.69, 9.17) is 4.74 Å². The lowest BCUT2D eigenvalue weighted by molar-refractivity contribution is 0.00364. The number of carbonyl (C=O) groups excluding carboxylic acids is 1. The summed E-state index contributed by atoms with van der Waals surface area (Å²) in [5.74, 6) is 0.510. The van der Waals surface area contributed by atoms with E-state index >= 15 is 0 Å². The van der Waals surface area contributed by atoms with Crippen LogP contribution in [0.5, 0.6) is 0 Å². The average Bonchev–Trinajstić information content (AvgIpc) is 2.80. The van der Waals surface area contributed by atoms with Crippen LogP contribution in [0.3, 0.4) is 0 Å². The molecule has 0 bridgehead atoms. The van der Waals surface area contributed by atoms with E-state index in [1.54, 1.807) is 6.20 Å². The number of aromatic amines is 1. The molecule has 1 amide bonds. The van der Waals surface area contributed by atoms with Crippen molar-refractivity contribution in [3.8, 4) is 0 Å². The largest absolute Gasteiger partial charge is 0.444 e. The van der Waals surface area contributed by atoms with Crippen LogP contribution in [-0.4, -0.2) is 33.3 Å². The minimum Gasteiger partial charge on any atom is -0.444 e. The summed E-state index contributed by atoms with van der Waals surface area (Å²) in [5, 5.41) is 6.80. The second-order valence-electron chi connectivity index (χ2n) is 6.36. The van der Waals surface area contributed by atoms with Crippen LogP contribution in [0.1, 0.15) is 52.1 Å². The molecule has 106 valence electrons. The van der Waals surface area contributed by atoms with Crippen LogP contribution < -0.4 is 0 Å². The SMILES string of the molecule is CC1CC[C@@H](c2cn[nH]c2)N(C(=O)OC(C)(C)C)C1. The maximum atomic E-state index is 12.3. The van der Waals surface area contributed by atoms with Gasteiger partial charge in [0.1, 0.15) is 5.60 Å². The Kier molecular flexibility index (Phi) is 3.83. The molecule has 1 fully saturated rings. The Hall–Kier alpha value is -1.52. The minimum atomic E-state index is -0.460. The van der Waals surface area contributed by atoms with Crippen molar-refractivity contribution in [2.45, 2.75) is 52.2 Å². The molecule has 0 aliphatic carbocycles. The zero-order valence-corrected chi connectivity index (χ0v) is 12.1. The second-order valence-corrected chi connectivity index (χ2v) is 6.36. The molecule has 19 heavy (non-hydrogen) atoms. The molecule has 1 unspecified atom stereocenters. The Morgan fingerprint density at radius 1 is 1.47 bits per heavy atom. The quantitative estimate of drug-likeness (QED) is 0.848. The van der Waals surface area contributed by atoms with Crippen LogP contribution in [0.2, 0.25) is 0 Å². The highest BCUT2D eigenvalue weighted by Crippen LogP contribution is 2.33. The van der Waals surface area contributed by atoms with Crippen LogP contribution in [0.15, 0.2) is 12.4 Å². The molecule has 1 saturated heterocycles. The van der Waals surface area contributed by atoms with E-state index in [0.29, 0.717) is 5.92 Å². The Labute approximate surface area is 114 Å². The fourth-order valence-electron chi connectivity index (χ4n) is 2.46. The molecule has 5 nitrogen and oxygen atoms in total. The third-order valence-electron chi connectivity index (χ3n) is 3.35. The maximum absolute atomic E-state index is 12.3. The van der Waals surface area contributed by atoms with E-state index in [1.165, 1.54) is 0 Å². The predicted molar refractivity (Wildman–Crippen MR) is 72.7 cm³/mol. The fraction of sp³-hybridized carbons (Fsp3) is 0.714. The van der Waals surface area contributed by atoms with Crippen molar-refractivity contribution in [1.29, 1.82) is 0 Å². The highest BCUT2D eigenvalue weighted by molar-refractivity contribution is 5.69. The molecule has 2 rings (SSSR count). The molecule has 1 aliphatic heterocycles. The Morgan fingerprint density at radius 2 is 2.21 bits per heavy atom. The molecule has 0 saturated carbocycles. The predicted octanol–water partition coefficient (Wildman–Crippen LogP) is 3.12. The maximum Gasteiger partial charge on any atom is 0.410 e. The van der Waals surface area contributed by atoms with Gasteiger partial charge in [0.15, 0.2) is 0 Å². The van der Waals surface area contributed by atoms with Crippen molar-refractivity contribution >= 4 is 6.09 Å². The molecular formula is C14H23N3O2. The lowest BCUT2D eigenvalue weighted by Crippen LogP contribution is -2.44. The van der Waals surface area contributed by atoms with Gasteiger partial charge in [0.05, 0.1) is 12.2 Å². The third-order valence-corrected chi connectivity index (χ3v) is 3.35. The molecule has 1 N–H and O–H groups in total. The number of nitrogens with one attached hydrogen (secondary N) is 1. The monoisotopic (exact) mass is 265 g/mol. The number of ether oxygens (including phenoxy) is 1. The van der Waals surface area contributed by atoms with Crippen molar-refractivity contribution < 1.29 is 9.53 Å². The zero-order chi connectivity index (χ0) is 14.0. The van der Waals surface area contributed by atoms with E-state index < -0.39 is 5.60 Å². The Balaban J connectivity index is 2.15. The molecule has 5 heteroatoms. The van der Waals surface area contributed by atoms with Gasteiger partial charge in [0.25, 0.3) is 0 Å². The van der Waals surface area contributed by atoms with Gasteiger partial charge in [0.2, 0.25) is 0 Å². The number of carbonyl (C=O) groups is 1. The van der Waals surface area contributed by atoms with E-state index in [1.807, 2.05) is 31.9 Å². The number of nitrogens with zero attached hydrogens (tertiary/aromatic N) is 2. The summed E-state index contributed by atoms with van der Waals surface area (Å²) >= 11 is 0. The smallest absolute Gasteiger partial charge is 0.410 e. The topological polar surface area (TPSA) is 58.2 Å². The summed E-state index contributed by atoms with van der Waals surface area (Å²) in [7, 11) is 0. The van der Waals surface area contributed by atoms with Crippen molar-refractivity contribution in [2.24, 2.45) is 5.92 Å². The first-order valence-electron chi connectivity index (χ1n) is 6.85. The van der Waals surface area contributed by atoms with Gasteiger partial charge in [-0.2, -0.15) is 5.10 Å². The zero-order valence-electron chi connectivity index (χ0n) is 12.1. The van der Waals surface area contributed by atoms with E-state index in [0.717, 1.165) is 24.9 Å². The highest BCUT2D eigenvalue weighted by atomic mass is 16.6. The summed E-state index contributed by atoms with van der Waals surface area (Å²) in [6.45, 7) is 8.59. The number of aromatic nitrogens is 2. The van der Waals surface area contributed by atoms with Gasteiger partial charge in [-0.1, -0.05) is 6.92 Å². The molecule has 2 atom stereocenters. The van der Waals surface area contributed by atoms with Crippen LogP contribution in [0.4, 0.5) is 4.79 Å². The van der Waals surface area contributed by atoms with Gasteiger partial charge in [-0.05, 0) is 39.5 Å². The van der Waals surface area contributed by atoms with Gasteiger partial charge >= 0.3 is 6.09 Å². The van der Waals surface area contributed by atoms with Gasteiger partial charge < -0.3 is 9.64 Å². The normalized spacial score (nSPS) is 24.3. The summed E-state index contributed by atoms with van der Waals surface area (Å²) < 4.78 is 5.51. The van der Waals surface area contributed by atoms with Gasteiger partial charge in [0, 0.05) is 18.3 Å². The number of amides is 1. The average molecular weight is 265 g/mol. The van der Waals surface area contributed by atoms with E-state index in [9.17, 15) is 4.79 Å². The lowest BCUT2D eigenvalue weighted by atomic mass is 9.92. The Bertz CT molecular complexity index is 422. The number of rotatable bonds is 1. The molecule has 0 aromatic carbocycles. The van der Waals surface area contributed by atoms with Crippen molar-refractivity contribution in [3.05, 3.63) is 18.0 Å². The number of hydrogen-bond acceptors (Lipinski definition) is 3. The molecule has 0 spiro atoms. The van der Waals surface area contributed by atoms with Crippen LogP contribution in [0.25, 0.3) is 0 Å². The van der Waals surface area contributed by atoms with E-state index in [-0.39, 0.29) is 12.1 Å². The molecule has 1 aromatic heterocycles. The Morgan fingerprint density at radius 3 is 2.79 bits per heavy atom. The first-order valence-corrected chi connectivity index (χ1v) is 6.85. The minimum absolute atomic E-state index is 0.0739. The van der Waals surface area contributed by atoms with Crippen LogP contribution >= 0.6 is 0 Å². The van der Waals surface area contributed by atoms with Crippen molar-refractivity contribution in [3.63, 3.8) is 0 Å². The first-order chi connectivity index (χ1) is 8.87. The molecule has 1 aliphatic rings. The fourth-order valence-corrected chi connectivity index (χ4v) is 2.46. The molecular weight excluding hydrogens is 242 g/mol. The summed E-state index contributed by atoms with van der Waals surface area (Å²) in [5.41, 5.74) is 0.594. The van der Waals surface area contributed by atoms with Crippen LogP contribution in [0, 0.1) is 5.92 Å². The van der Waals surface area contributed by atoms with Gasteiger partial charge in [-0.15, -0.1) is 0 Å². The number of hydrogen-bond donors (Lipinski definition) is 1. The lowest BCUT2D eigenvalue weighted by Gasteiger charge is -2.38. The summed E-state index contributed by atoms with van der Waals surface area (Å²) in [6, 6.07) is 0.0739. The second kappa shape index (κ2) is 5.23. The first kappa shape index (κ1) is 13.9. The van der Waals surface area contributed by atoms with Gasteiger partial charge in [-0.3, -0.25) is 5.10 Å². The summed E-state index contributed by atoms with van der Waals surface area (Å²) in [6.07, 6.45) is 5.50. The van der Waals surface area contributed by atoms with Crippen molar-refractivity contribution in [2.75, 3.05) is 6.54 Å². The number of likely N-dealkylation sites (tertiary alicyclic amines) is 1. The molecule has 2 heterocycles. The molecule has 0 radical (unpaired) electrons. The summed E-state index contributed by atoms with van der Waals surface area (Å²) in [4.78, 5) is 14.2. The highest BCUT2D eigenvalue weighted by Gasteiger charge is 2.34. The van der Waals surface area contributed by atoms with Crippen molar-refractivity contribution in [1.82, 2.24) is 15.1 Å². The van der Waals surface area contributed by atoms with Gasteiger partial charge in [-0.25, -0.2) is 4.79 Å². The number of piperidine rings is 1. The molecule has 1 aromatic rings.